The summed E-state index contributed by atoms with van der Waals surface area (Å²) >= 11 is 0. The highest BCUT2D eigenvalue weighted by Gasteiger charge is 2.05. The van der Waals surface area contributed by atoms with E-state index in [1.54, 1.807) is 13.3 Å². The second-order valence-electron chi connectivity index (χ2n) is 2.97. The van der Waals surface area contributed by atoms with E-state index in [4.69, 9.17) is 10.5 Å². The summed E-state index contributed by atoms with van der Waals surface area (Å²) in [6.07, 6.45) is 3.18. The van der Waals surface area contributed by atoms with Crippen LogP contribution in [0.25, 0.3) is 0 Å². The number of hydrogen-bond acceptors (Lipinski definition) is 5. The minimum absolute atomic E-state index is 0.401. The van der Waals surface area contributed by atoms with E-state index >= 15 is 0 Å². The van der Waals surface area contributed by atoms with Gasteiger partial charge in [0.2, 0.25) is 5.88 Å². The quantitative estimate of drug-likeness (QED) is 0.780. The second-order valence-corrected chi connectivity index (χ2v) is 2.97. The van der Waals surface area contributed by atoms with Gasteiger partial charge in [-0.1, -0.05) is 6.07 Å². The van der Waals surface area contributed by atoms with Crippen LogP contribution < -0.4 is 10.5 Å². The molecule has 2 aromatic heterocycles. The summed E-state index contributed by atoms with van der Waals surface area (Å²) in [7, 11) is 1.58. The number of nitrogen functional groups attached to an aromatic ring is 1. The lowest BCUT2D eigenvalue weighted by Gasteiger charge is -2.05. The summed E-state index contributed by atoms with van der Waals surface area (Å²) in [6.45, 7) is 0.494. The molecule has 0 atom stereocenters. The largest absolute Gasteiger partial charge is 0.481 e. The summed E-state index contributed by atoms with van der Waals surface area (Å²) < 4.78 is 5.11. The van der Waals surface area contributed by atoms with Crippen LogP contribution in [0.5, 0.6) is 5.88 Å². The lowest BCUT2D eigenvalue weighted by molar-refractivity contribution is 0.388. The zero-order valence-corrected chi connectivity index (χ0v) is 8.29. The number of hydrogen-bond donors (Lipinski definition) is 1. The van der Waals surface area contributed by atoms with Gasteiger partial charge in [0.1, 0.15) is 0 Å². The molecule has 0 aliphatic rings. The van der Waals surface area contributed by atoms with Crippen molar-refractivity contribution in [3.8, 4) is 5.88 Å². The average molecular weight is 205 g/mol. The number of anilines is 1. The summed E-state index contributed by atoms with van der Waals surface area (Å²) in [5, 5.41) is 7.97. The molecule has 0 saturated heterocycles. The molecule has 0 saturated carbocycles. The van der Waals surface area contributed by atoms with Crippen LogP contribution in [-0.4, -0.2) is 27.1 Å². The Morgan fingerprint density at radius 3 is 3.07 bits per heavy atom. The van der Waals surface area contributed by atoms with E-state index < -0.39 is 0 Å². The van der Waals surface area contributed by atoms with E-state index in [1.165, 1.54) is 11.0 Å². The van der Waals surface area contributed by atoms with Crippen LogP contribution in [0.4, 0.5) is 5.82 Å². The molecule has 0 aliphatic heterocycles. The van der Waals surface area contributed by atoms with Crippen molar-refractivity contribution in [2.45, 2.75) is 6.54 Å². The minimum atomic E-state index is 0.401. The molecule has 15 heavy (non-hydrogen) atoms. The van der Waals surface area contributed by atoms with Gasteiger partial charge >= 0.3 is 0 Å². The first kappa shape index (κ1) is 9.45. The lowest BCUT2D eigenvalue weighted by atomic mass is 10.3. The molecule has 0 unspecified atom stereocenters. The Kier molecular flexibility index (Phi) is 2.49. The molecule has 6 nitrogen and oxygen atoms in total. The molecule has 0 fully saturated rings. The van der Waals surface area contributed by atoms with Gasteiger partial charge in [0.25, 0.3) is 0 Å². The van der Waals surface area contributed by atoms with Crippen LogP contribution in [0, 0.1) is 0 Å². The fraction of sp³-hybridized carbons (Fsp3) is 0.222. The predicted octanol–water partition coefficient (Wildman–Crippen LogP) is 0.312. The Morgan fingerprint density at radius 1 is 1.53 bits per heavy atom. The van der Waals surface area contributed by atoms with Gasteiger partial charge < -0.3 is 10.5 Å². The molecular formula is C9H11N5O. The average Bonchev–Trinajstić information content (AvgIpc) is 2.65. The van der Waals surface area contributed by atoms with E-state index in [0.717, 1.165) is 5.56 Å². The van der Waals surface area contributed by atoms with Gasteiger partial charge in [-0.2, -0.15) is 9.90 Å². The van der Waals surface area contributed by atoms with Crippen LogP contribution in [0.2, 0.25) is 0 Å². The normalized spacial score (nSPS) is 10.2. The van der Waals surface area contributed by atoms with Crippen molar-refractivity contribution in [3.63, 3.8) is 0 Å². The van der Waals surface area contributed by atoms with Gasteiger partial charge in [-0.15, -0.1) is 5.10 Å². The SMILES string of the molecule is COc1ncccc1Cn1ncc(N)n1. The van der Waals surface area contributed by atoms with E-state index in [9.17, 15) is 0 Å². The van der Waals surface area contributed by atoms with E-state index in [1.807, 2.05) is 12.1 Å². The predicted molar refractivity (Wildman–Crippen MR) is 54.3 cm³/mol. The third-order valence-corrected chi connectivity index (χ3v) is 1.91. The smallest absolute Gasteiger partial charge is 0.218 e. The number of rotatable bonds is 3. The topological polar surface area (TPSA) is 78.8 Å². The number of ether oxygens (including phenoxy) is 1. The minimum Gasteiger partial charge on any atom is -0.481 e. The fourth-order valence-electron chi connectivity index (χ4n) is 1.27. The fourth-order valence-corrected chi connectivity index (χ4v) is 1.27. The Labute approximate surface area is 86.7 Å². The van der Waals surface area contributed by atoms with Gasteiger partial charge in [-0.05, 0) is 6.07 Å². The number of nitrogens with zero attached hydrogens (tertiary/aromatic N) is 4. The lowest BCUT2D eigenvalue weighted by Crippen LogP contribution is -2.06. The van der Waals surface area contributed by atoms with E-state index in [-0.39, 0.29) is 0 Å². The van der Waals surface area contributed by atoms with Crippen LogP contribution in [0.15, 0.2) is 24.5 Å². The Hall–Kier alpha value is -2.11. The third-order valence-electron chi connectivity index (χ3n) is 1.91. The number of nitrogens with two attached hydrogens (primary N) is 1. The molecule has 2 rings (SSSR count). The Bertz CT molecular complexity index is 453. The number of aromatic nitrogens is 4. The van der Waals surface area contributed by atoms with Crippen LogP contribution in [-0.2, 0) is 6.54 Å². The molecule has 0 aromatic carbocycles. The molecule has 0 aliphatic carbocycles. The van der Waals surface area contributed by atoms with Gasteiger partial charge in [0, 0.05) is 11.8 Å². The van der Waals surface area contributed by atoms with Crippen LogP contribution in [0.1, 0.15) is 5.56 Å². The van der Waals surface area contributed by atoms with Crippen molar-refractivity contribution in [2.75, 3.05) is 12.8 Å². The first-order chi connectivity index (χ1) is 7.29. The standard InChI is InChI=1S/C9H11N5O/c1-15-9-7(3-2-4-11-9)6-14-12-5-8(10)13-14/h2-5H,6H2,1H3,(H2,10,13). The molecule has 6 heteroatoms. The number of pyridine rings is 1. The summed E-state index contributed by atoms with van der Waals surface area (Å²) in [5.41, 5.74) is 6.37. The van der Waals surface area contributed by atoms with Gasteiger partial charge in [-0.3, -0.25) is 0 Å². The molecular weight excluding hydrogens is 194 g/mol. The number of methoxy groups -OCH3 is 1. The Morgan fingerprint density at radius 2 is 2.40 bits per heavy atom. The van der Waals surface area contributed by atoms with Crippen LogP contribution in [0.3, 0.4) is 0 Å². The van der Waals surface area contributed by atoms with Gasteiger partial charge in [-0.25, -0.2) is 4.98 Å². The zero-order valence-electron chi connectivity index (χ0n) is 8.29. The molecule has 2 aromatic rings. The van der Waals surface area contributed by atoms with Gasteiger partial charge in [0.05, 0.1) is 19.9 Å². The van der Waals surface area contributed by atoms with Crippen molar-refractivity contribution in [3.05, 3.63) is 30.1 Å². The highest BCUT2D eigenvalue weighted by atomic mass is 16.5. The molecule has 78 valence electrons. The van der Waals surface area contributed by atoms with Crippen molar-refractivity contribution in [1.29, 1.82) is 0 Å². The molecule has 2 N–H and O–H groups in total. The highest BCUT2D eigenvalue weighted by Crippen LogP contribution is 2.14. The molecule has 0 radical (unpaired) electrons. The van der Waals surface area contributed by atoms with Crippen molar-refractivity contribution >= 4 is 5.82 Å². The van der Waals surface area contributed by atoms with Crippen LogP contribution >= 0.6 is 0 Å². The van der Waals surface area contributed by atoms with Gasteiger partial charge in [0.15, 0.2) is 5.82 Å². The monoisotopic (exact) mass is 205 g/mol. The highest BCUT2D eigenvalue weighted by molar-refractivity contribution is 5.26. The van der Waals surface area contributed by atoms with E-state index in [2.05, 4.69) is 15.2 Å². The summed E-state index contributed by atoms with van der Waals surface area (Å²) in [5.74, 6) is 0.978. The molecule has 0 bridgehead atoms. The van der Waals surface area contributed by atoms with E-state index in [0.29, 0.717) is 18.2 Å². The Balaban J connectivity index is 2.23. The first-order valence-corrected chi connectivity index (χ1v) is 4.43. The van der Waals surface area contributed by atoms with Crippen molar-refractivity contribution in [2.24, 2.45) is 0 Å². The maximum atomic E-state index is 5.46. The molecule has 0 amide bonds. The second kappa shape index (κ2) is 3.95. The maximum Gasteiger partial charge on any atom is 0.218 e. The third kappa shape index (κ3) is 2.04. The first-order valence-electron chi connectivity index (χ1n) is 4.43. The van der Waals surface area contributed by atoms with Crippen molar-refractivity contribution in [1.82, 2.24) is 20.0 Å². The summed E-state index contributed by atoms with van der Waals surface area (Å²) in [4.78, 5) is 5.57. The zero-order chi connectivity index (χ0) is 10.7. The molecule has 0 spiro atoms. The van der Waals surface area contributed by atoms with Crippen molar-refractivity contribution < 1.29 is 4.74 Å². The maximum absolute atomic E-state index is 5.46. The summed E-state index contributed by atoms with van der Waals surface area (Å²) in [6, 6.07) is 3.75. The molecule has 2 heterocycles.